The third kappa shape index (κ3) is 3.02. The lowest BCUT2D eigenvalue weighted by molar-refractivity contribution is -0.150. The van der Waals surface area contributed by atoms with Crippen LogP contribution in [0.15, 0.2) is 12.2 Å². The van der Waals surface area contributed by atoms with E-state index in [1.54, 1.807) is 13.0 Å². The Morgan fingerprint density at radius 1 is 1.58 bits per heavy atom. The van der Waals surface area contributed by atoms with Crippen molar-refractivity contribution >= 4 is 5.97 Å². The Hall–Kier alpha value is -0.870. The first-order valence-electron chi connectivity index (χ1n) is 3.85. The van der Waals surface area contributed by atoms with Crippen molar-refractivity contribution in [1.82, 2.24) is 0 Å². The minimum Gasteiger partial charge on any atom is -0.457 e. The van der Waals surface area contributed by atoms with Gasteiger partial charge in [0.05, 0.1) is 13.2 Å². The van der Waals surface area contributed by atoms with Crippen LogP contribution in [-0.2, 0) is 19.0 Å². The van der Waals surface area contributed by atoms with Gasteiger partial charge in [0, 0.05) is 6.08 Å². The van der Waals surface area contributed by atoms with Gasteiger partial charge in [-0.25, -0.2) is 4.79 Å². The van der Waals surface area contributed by atoms with Gasteiger partial charge in [-0.3, -0.25) is 0 Å². The van der Waals surface area contributed by atoms with Crippen molar-refractivity contribution in [3.63, 3.8) is 0 Å². The molecule has 0 amide bonds. The highest BCUT2D eigenvalue weighted by Gasteiger charge is 2.16. The summed E-state index contributed by atoms with van der Waals surface area (Å²) in [7, 11) is 0. The van der Waals surface area contributed by atoms with Crippen LogP contribution in [0, 0.1) is 0 Å². The monoisotopic (exact) mass is 172 g/mol. The quantitative estimate of drug-likeness (QED) is 0.458. The minimum atomic E-state index is -0.376. The van der Waals surface area contributed by atoms with Crippen molar-refractivity contribution in [2.24, 2.45) is 0 Å². The summed E-state index contributed by atoms with van der Waals surface area (Å²) in [6, 6.07) is 0. The van der Waals surface area contributed by atoms with Crippen LogP contribution < -0.4 is 0 Å². The number of esters is 1. The SMILES string of the molecule is C/C=C/C(=O)OCC1OCCO1. The highest BCUT2D eigenvalue weighted by atomic mass is 16.7. The van der Waals surface area contributed by atoms with Crippen molar-refractivity contribution in [3.05, 3.63) is 12.2 Å². The van der Waals surface area contributed by atoms with Crippen molar-refractivity contribution < 1.29 is 19.0 Å². The minimum absolute atomic E-state index is 0.170. The van der Waals surface area contributed by atoms with Gasteiger partial charge in [-0.05, 0) is 6.92 Å². The second-order valence-corrected chi connectivity index (χ2v) is 2.30. The van der Waals surface area contributed by atoms with Gasteiger partial charge in [0.1, 0.15) is 6.61 Å². The summed E-state index contributed by atoms with van der Waals surface area (Å²) in [6.45, 7) is 3.07. The third-order valence-corrected chi connectivity index (χ3v) is 1.36. The van der Waals surface area contributed by atoms with Gasteiger partial charge in [0.15, 0.2) is 6.29 Å². The lowest BCUT2D eigenvalue weighted by atomic mass is 10.5. The molecule has 0 aromatic rings. The summed E-state index contributed by atoms with van der Waals surface area (Å²) >= 11 is 0. The van der Waals surface area contributed by atoms with Gasteiger partial charge in [-0.1, -0.05) is 6.08 Å². The Bertz CT molecular complexity index is 170. The molecule has 68 valence electrons. The van der Waals surface area contributed by atoms with E-state index in [9.17, 15) is 4.79 Å². The van der Waals surface area contributed by atoms with E-state index < -0.39 is 0 Å². The van der Waals surface area contributed by atoms with Gasteiger partial charge >= 0.3 is 5.97 Å². The first-order chi connectivity index (χ1) is 5.83. The fourth-order valence-electron chi connectivity index (χ4n) is 0.838. The van der Waals surface area contributed by atoms with Gasteiger partial charge in [0.25, 0.3) is 0 Å². The third-order valence-electron chi connectivity index (χ3n) is 1.36. The highest BCUT2D eigenvalue weighted by molar-refractivity contribution is 5.81. The molecule has 0 unspecified atom stereocenters. The molecule has 4 nitrogen and oxygen atoms in total. The topological polar surface area (TPSA) is 44.8 Å². The van der Waals surface area contributed by atoms with E-state index >= 15 is 0 Å². The molecule has 0 atom stereocenters. The van der Waals surface area contributed by atoms with Crippen molar-refractivity contribution in [3.8, 4) is 0 Å². The summed E-state index contributed by atoms with van der Waals surface area (Å²) in [5.74, 6) is -0.364. The zero-order chi connectivity index (χ0) is 8.81. The van der Waals surface area contributed by atoms with Crippen LogP contribution in [0.1, 0.15) is 6.92 Å². The molecule has 1 saturated heterocycles. The Morgan fingerprint density at radius 3 is 2.83 bits per heavy atom. The van der Waals surface area contributed by atoms with Gasteiger partial charge in [-0.15, -0.1) is 0 Å². The van der Waals surface area contributed by atoms with E-state index in [0.717, 1.165) is 0 Å². The van der Waals surface area contributed by atoms with E-state index in [1.165, 1.54) is 6.08 Å². The zero-order valence-corrected chi connectivity index (χ0v) is 6.99. The average Bonchev–Trinajstić information content (AvgIpc) is 2.53. The van der Waals surface area contributed by atoms with Gasteiger partial charge < -0.3 is 14.2 Å². The van der Waals surface area contributed by atoms with E-state index in [0.29, 0.717) is 13.2 Å². The lowest BCUT2D eigenvalue weighted by Gasteiger charge is -2.07. The molecule has 1 aliphatic rings. The van der Waals surface area contributed by atoms with Crippen LogP contribution in [0.3, 0.4) is 0 Å². The first-order valence-corrected chi connectivity index (χ1v) is 3.85. The maximum Gasteiger partial charge on any atom is 0.330 e. The molecule has 1 rings (SSSR count). The van der Waals surface area contributed by atoms with Crippen LogP contribution in [0.2, 0.25) is 0 Å². The molecule has 1 fully saturated rings. The summed E-state index contributed by atoms with van der Waals surface area (Å²) in [6.07, 6.45) is 2.60. The second kappa shape index (κ2) is 4.90. The largest absolute Gasteiger partial charge is 0.457 e. The van der Waals surface area contributed by atoms with Crippen molar-refractivity contribution in [2.45, 2.75) is 13.2 Å². The second-order valence-electron chi connectivity index (χ2n) is 2.30. The molecule has 1 aliphatic heterocycles. The molecule has 12 heavy (non-hydrogen) atoms. The van der Waals surface area contributed by atoms with Gasteiger partial charge in [-0.2, -0.15) is 0 Å². The first kappa shape index (κ1) is 9.22. The van der Waals surface area contributed by atoms with Gasteiger partial charge in [0.2, 0.25) is 0 Å². The van der Waals surface area contributed by atoms with Crippen LogP contribution in [0.4, 0.5) is 0 Å². The Kier molecular flexibility index (Phi) is 3.76. The Balaban J connectivity index is 2.11. The predicted molar refractivity (Wildman–Crippen MR) is 41.5 cm³/mol. The summed E-state index contributed by atoms with van der Waals surface area (Å²) < 4.78 is 14.9. The molecular weight excluding hydrogens is 160 g/mol. The molecule has 0 spiro atoms. The zero-order valence-electron chi connectivity index (χ0n) is 6.99. The maximum absolute atomic E-state index is 10.8. The van der Waals surface area contributed by atoms with Crippen molar-refractivity contribution in [1.29, 1.82) is 0 Å². The number of carbonyl (C=O) groups is 1. The molecule has 1 heterocycles. The summed E-state index contributed by atoms with van der Waals surface area (Å²) in [5.41, 5.74) is 0. The average molecular weight is 172 g/mol. The van der Waals surface area contributed by atoms with Crippen LogP contribution in [0.5, 0.6) is 0 Å². The molecule has 0 aromatic carbocycles. The molecule has 4 heteroatoms. The standard InChI is InChI=1S/C8H12O4/c1-2-3-7(9)12-6-8-10-4-5-11-8/h2-3,8H,4-6H2,1H3/b3-2+. The fourth-order valence-corrected chi connectivity index (χ4v) is 0.838. The predicted octanol–water partition coefficient (Wildman–Crippen LogP) is 0.479. The van der Waals surface area contributed by atoms with Crippen molar-refractivity contribution in [2.75, 3.05) is 19.8 Å². The molecule has 0 N–H and O–H groups in total. The molecule has 0 aromatic heterocycles. The number of ether oxygens (including phenoxy) is 3. The van der Waals surface area contributed by atoms with E-state index in [4.69, 9.17) is 14.2 Å². The number of allylic oxidation sites excluding steroid dienone is 1. The van der Waals surface area contributed by atoms with E-state index in [-0.39, 0.29) is 18.9 Å². The summed E-state index contributed by atoms with van der Waals surface area (Å²) in [5, 5.41) is 0. The maximum atomic E-state index is 10.8. The number of hydrogen-bond donors (Lipinski definition) is 0. The summed E-state index contributed by atoms with van der Waals surface area (Å²) in [4.78, 5) is 10.8. The fraction of sp³-hybridized carbons (Fsp3) is 0.625. The smallest absolute Gasteiger partial charge is 0.330 e. The highest BCUT2D eigenvalue weighted by Crippen LogP contribution is 2.03. The number of carbonyl (C=O) groups excluding carboxylic acids is 1. The van der Waals surface area contributed by atoms with E-state index in [1.807, 2.05) is 0 Å². The normalized spacial score (nSPS) is 18.8. The molecule has 0 aliphatic carbocycles. The molecule has 0 radical (unpaired) electrons. The van der Waals surface area contributed by atoms with Crippen LogP contribution in [-0.4, -0.2) is 32.1 Å². The van der Waals surface area contributed by atoms with Crippen LogP contribution in [0.25, 0.3) is 0 Å². The molecule has 0 bridgehead atoms. The van der Waals surface area contributed by atoms with E-state index in [2.05, 4.69) is 0 Å². The molecular formula is C8H12O4. The number of rotatable bonds is 3. The van der Waals surface area contributed by atoms with Crippen LogP contribution >= 0.6 is 0 Å². The Morgan fingerprint density at radius 2 is 2.25 bits per heavy atom. The molecule has 0 saturated carbocycles. The number of hydrogen-bond acceptors (Lipinski definition) is 4. The lowest BCUT2D eigenvalue weighted by Crippen LogP contribution is -2.18. The Labute approximate surface area is 71.1 Å².